The minimum atomic E-state index is -0.774. The highest BCUT2D eigenvalue weighted by Crippen LogP contribution is 2.36. The van der Waals surface area contributed by atoms with Gasteiger partial charge in [-0.1, -0.05) is 31.7 Å². The van der Waals surface area contributed by atoms with Crippen molar-refractivity contribution < 1.29 is 4.79 Å². The number of nitriles is 1. The Balaban J connectivity index is 2.15. The van der Waals surface area contributed by atoms with Crippen molar-refractivity contribution in [2.24, 2.45) is 5.41 Å². The number of amides is 1. The van der Waals surface area contributed by atoms with Crippen molar-refractivity contribution in [2.75, 3.05) is 6.54 Å². The number of carbonyl (C=O) groups excluding carboxylic acids is 1. The lowest BCUT2D eigenvalue weighted by molar-refractivity contribution is -0.140. The van der Waals surface area contributed by atoms with Crippen molar-refractivity contribution in [1.29, 1.82) is 5.26 Å². The third-order valence-corrected chi connectivity index (χ3v) is 5.04. The van der Waals surface area contributed by atoms with E-state index >= 15 is 0 Å². The molecule has 0 bridgehead atoms. The molecule has 20 heavy (non-hydrogen) atoms. The van der Waals surface area contributed by atoms with Crippen LogP contribution in [0.15, 0.2) is 17.5 Å². The molecular weight excluding hydrogens is 268 g/mol. The summed E-state index contributed by atoms with van der Waals surface area (Å²) >= 11 is 1.66. The van der Waals surface area contributed by atoms with Crippen LogP contribution in [-0.4, -0.2) is 17.4 Å². The molecule has 0 saturated heterocycles. The predicted octanol–water partition coefficient (Wildman–Crippen LogP) is 3.96. The first-order chi connectivity index (χ1) is 9.72. The molecule has 108 valence electrons. The van der Waals surface area contributed by atoms with Crippen LogP contribution < -0.4 is 0 Å². The number of hydrogen-bond donors (Lipinski definition) is 0. The van der Waals surface area contributed by atoms with Crippen LogP contribution in [0, 0.1) is 16.7 Å². The van der Waals surface area contributed by atoms with Gasteiger partial charge in [0.05, 0.1) is 12.6 Å². The fourth-order valence-electron chi connectivity index (χ4n) is 2.93. The molecular formula is C16H22N2OS. The number of carbonyl (C=O) groups is 1. The Labute approximate surface area is 125 Å². The SMILES string of the molecule is CCN(Cc1cccs1)C(=O)C1(C#N)CCCCCC1. The Kier molecular flexibility index (Phi) is 5.19. The quantitative estimate of drug-likeness (QED) is 0.788. The molecule has 1 fully saturated rings. The summed E-state index contributed by atoms with van der Waals surface area (Å²) in [7, 11) is 0. The monoisotopic (exact) mass is 290 g/mol. The summed E-state index contributed by atoms with van der Waals surface area (Å²) in [6.07, 6.45) is 5.74. The third kappa shape index (κ3) is 3.21. The second kappa shape index (κ2) is 6.90. The molecule has 0 radical (unpaired) electrons. The summed E-state index contributed by atoms with van der Waals surface area (Å²) in [5.74, 6) is 0.0396. The average Bonchev–Trinajstić information content (AvgIpc) is 2.86. The Bertz CT molecular complexity index is 467. The van der Waals surface area contributed by atoms with E-state index in [2.05, 4.69) is 6.07 Å². The van der Waals surface area contributed by atoms with Crippen LogP contribution in [0.2, 0.25) is 0 Å². The van der Waals surface area contributed by atoms with E-state index in [0.717, 1.165) is 38.5 Å². The van der Waals surface area contributed by atoms with Crippen LogP contribution in [-0.2, 0) is 11.3 Å². The summed E-state index contributed by atoms with van der Waals surface area (Å²) in [4.78, 5) is 15.9. The molecule has 1 aromatic heterocycles. The van der Waals surface area contributed by atoms with E-state index in [9.17, 15) is 10.1 Å². The standard InChI is InChI=1S/C16H22N2OS/c1-2-18(12-14-8-7-11-20-14)15(19)16(13-17)9-5-3-4-6-10-16/h7-8,11H,2-6,9-10,12H2,1H3. The highest BCUT2D eigenvalue weighted by atomic mass is 32.1. The molecule has 1 amide bonds. The number of thiophene rings is 1. The fourth-order valence-corrected chi connectivity index (χ4v) is 3.65. The summed E-state index contributed by atoms with van der Waals surface area (Å²) in [5, 5.41) is 11.6. The Morgan fingerprint density at radius 3 is 2.60 bits per heavy atom. The highest BCUT2D eigenvalue weighted by Gasteiger charge is 2.41. The van der Waals surface area contributed by atoms with E-state index < -0.39 is 5.41 Å². The molecule has 1 aliphatic rings. The van der Waals surface area contributed by atoms with Gasteiger partial charge < -0.3 is 4.90 Å². The lowest BCUT2D eigenvalue weighted by atomic mass is 9.80. The zero-order valence-corrected chi connectivity index (χ0v) is 12.9. The van der Waals surface area contributed by atoms with Crippen molar-refractivity contribution in [3.63, 3.8) is 0 Å². The van der Waals surface area contributed by atoms with E-state index in [4.69, 9.17) is 0 Å². The zero-order chi connectivity index (χ0) is 14.4. The van der Waals surface area contributed by atoms with Crippen molar-refractivity contribution in [1.82, 2.24) is 4.90 Å². The van der Waals surface area contributed by atoms with Gasteiger partial charge in [0.2, 0.25) is 5.91 Å². The van der Waals surface area contributed by atoms with Crippen LogP contribution in [0.1, 0.15) is 50.3 Å². The molecule has 0 atom stereocenters. The van der Waals surface area contributed by atoms with Gasteiger partial charge in [-0.05, 0) is 31.2 Å². The minimum Gasteiger partial charge on any atom is -0.336 e. The lowest BCUT2D eigenvalue weighted by Crippen LogP contribution is -2.42. The van der Waals surface area contributed by atoms with Crippen LogP contribution >= 0.6 is 11.3 Å². The van der Waals surface area contributed by atoms with E-state index in [1.807, 2.05) is 29.3 Å². The van der Waals surface area contributed by atoms with E-state index in [-0.39, 0.29) is 5.91 Å². The summed E-state index contributed by atoms with van der Waals surface area (Å²) in [6.45, 7) is 3.30. The van der Waals surface area contributed by atoms with Crippen LogP contribution in [0.3, 0.4) is 0 Å². The molecule has 0 N–H and O–H groups in total. The van der Waals surface area contributed by atoms with E-state index in [0.29, 0.717) is 13.1 Å². The van der Waals surface area contributed by atoms with Gasteiger partial charge in [-0.3, -0.25) is 4.79 Å². The number of hydrogen-bond acceptors (Lipinski definition) is 3. The Morgan fingerprint density at radius 1 is 1.40 bits per heavy atom. The molecule has 0 unspecified atom stereocenters. The molecule has 1 aromatic rings. The Morgan fingerprint density at radius 2 is 2.10 bits per heavy atom. The summed E-state index contributed by atoms with van der Waals surface area (Å²) in [5.41, 5.74) is -0.774. The largest absolute Gasteiger partial charge is 0.336 e. The van der Waals surface area contributed by atoms with Gasteiger partial charge >= 0.3 is 0 Å². The maximum atomic E-state index is 12.9. The van der Waals surface area contributed by atoms with Gasteiger partial charge in [-0.25, -0.2) is 0 Å². The second-order valence-electron chi connectivity index (χ2n) is 5.51. The van der Waals surface area contributed by atoms with Gasteiger partial charge in [-0.2, -0.15) is 5.26 Å². The Hall–Kier alpha value is -1.34. The van der Waals surface area contributed by atoms with Crippen molar-refractivity contribution >= 4 is 17.2 Å². The second-order valence-corrected chi connectivity index (χ2v) is 6.54. The van der Waals surface area contributed by atoms with Gasteiger partial charge in [-0.15, -0.1) is 11.3 Å². The first kappa shape index (κ1) is 15.1. The third-order valence-electron chi connectivity index (χ3n) is 4.18. The fraction of sp³-hybridized carbons (Fsp3) is 0.625. The molecule has 0 aliphatic heterocycles. The molecule has 1 aliphatic carbocycles. The maximum absolute atomic E-state index is 12.9. The topological polar surface area (TPSA) is 44.1 Å². The van der Waals surface area contributed by atoms with Gasteiger partial charge in [0, 0.05) is 11.4 Å². The number of nitrogens with zero attached hydrogens (tertiary/aromatic N) is 2. The molecule has 1 heterocycles. The molecule has 2 rings (SSSR count). The molecule has 1 saturated carbocycles. The average molecular weight is 290 g/mol. The summed E-state index contributed by atoms with van der Waals surface area (Å²) < 4.78 is 0. The molecule has 3 nitrogen and oxygen atoms in total. The van der Waals surface area contributed by atoms with Gasteiger partial charge in [0.15, 0.2) is 0 Å². The van der Waals surface area contributed by atoms with Crippen LogP contribution in [0.5, 0.6) is 0 Å². The van der Waals surface area contributed by atoms with Crippen molar-refractivity contribution in [2.45, 2.75) is 52.0 Å². The molecule has 0 spiro atoms. The van der Waals surface area contributed by atoms with Crippen LogP contribution in [0.4, 0.5) is 0 Å². The number of rotatable bonds is 4. The van der Waals surface area contributed by atoms with E-state index in [1.54, 1.807) is 11.3 Å². The van der Waals surface area contributed by atoms with Crippen molar-refractivity contribution in [3.05, 3.63) is 22.4 Å². The molecule has 0 aromatic carbocycles. The van der Waals surface area contributed by atoms with Gasteiger partial charge in [0.25, 0.3) is 0 Å². The van der Waals surface area contributed by atoms with Gasteiger partial charge in [0.1, 0.15) is 5.41 Å². The van der Waals surface area contributed by atoms with Crippen LogP contribution in [0.25, 0.3) is 0 Å². The lowest BCUT2D eigenvalue weighted by Gasteiger charge is -2.31. The zero-order valence-electron chi connectivity index (χ0n) is 12.1. The molecule has 4 heteroatoms. The predicted molar refractivity (Wildman–Crippen MR) is 81.2 cm³/mol. The minimum absolute atomic E-state index is 0.0396. The first-order valence-electron chi connectivity index (χ1n) is 7.45. The van der Waals surface area contributed by atoms with Crippen molar-refractivity contribution in [3.8, 4) is 6.07 Å². The highest BCUT2D eigenvalue weighted by molar-refractivity contribution is 7.09. The summed E-state index contributed by atoms with van der Waals surface area (Å²) in [6, 6.07) is 6.42. The maximum Gasteiger partial charge on any atom is 0.243 e. The van der Waals surface area contributed by atoms with E-state index in [1.165, 1.54) is 4.88 Å². The smallest absolute Gasteiger partial charge is 0.243 e. The normalized spacial score (nSPS) is 18.0. The first-order valence-corrected chi connectivity index (χ1v) is 8.33.